The zero-order valence-corrected chi connectivity index (χ0v) is 19.5. The maximum Gasteiger partial charge on any atom is 0.343 e. The number of hydrazone groups is 1. The van der Waals surface area contributed by atoms with Crippen LogP contribution in [-0.2, 0) is 0 Å². The number of rotatable bonds is 8. The van der Waals surface area contributed by atoms with E-state index >= 15 is 0 Å². The van der Waals surface area contributed by atoms with Crippen molar-refractivity contribution in [3.63, 3.8) is 0 Å². The first kappa shape index (κ1) is 23.5. The molecule has 0 unspecified atom stereocenters. The standard InChI is InChI=1S/C24H20BrClN2O4/c1-2-13-31-21-10-5-17(6-11-21)24(30)32-22-12-7-19(25)14-18(22)15-27-28-23(29)16-3-8-20(26)9-4-16/h3-12,14-15H,2,13H2,1H3,(H,28,29)/b27-15+. The first-order valence-corrected chi connectivity index (χ1v) is 11.0. The van der Waals surface area contributed by atoms with Crippen LogP contribution in [0.1, 0.15) is 39.6 Å². The molecule has 0 spiro atoms. The summed E-state index contributed by atoms with van der Waals surface area (Å²) >= 11 is 9.22. The zero-order chi connectivity index (χ0) is 22.9. The number of esters is 1. The summed E-state index contributed by atoms with van der Waals surface area (Å²) in [6, 6.07) is 18.3. The summed E-state index contributed by atoms with van der Waals surface area (Å²) in [7, 11) is 0. The summed E-state index contributed by atoms with van der Waals surface area (Å²) in [5, 5.41) is 4.51. The van der Waals surface area contributed by atoms with Crippen LogP contribution in [0.15, 0.2) is 76.3 Å². The van der Waals surface area contributed by atoms with Crippen LogP contribution in [0.4, 0.5) is 0 Å². The van der Waals surface area contributed by atoms with Gasteiger partial charge in [0.2, 0.25) is 0 Å². The van der Waals surface area contributed by atoms with Crippen molar-refractivity contribution in [2.75, 3.05) is 6.61 Å². The van der Waals surface area contributed by atoms with Crippen molar-refractivity contribution in [3.05, 3.63) is 92.9 Å². The summed E-state index contributed by atoms with van der Waals surface area (Å²) in [5.41, 5.74) is 3.75. The average Bonchev–Trinajstić information content (AvgIpc) is 2.80. The minimum absolute atomic E-state index is 0.300. The third kappa shape index (κ3) is 6.67. The Balaban J connectivity index is 1.69. The number of hydrogen-bond acceptors (Lipinski definition) is 5. The lowest BCUT2D eigenvalue weighted by Gasteiger charge is -2.09. The van der Waals surface area contributed by atoms with Gasteiger partial charge in [0.05, 0.1) is 18.4 Å². The van der Waals surface area contributed by atoms with Gasteiger partial charge in [0.25, 0.3) is 5.91 Å². The first-order chi connectivity index (χ1) is 15.5. The van der Waals surface area contributed by atoms with Crippen LogP contribution in [0.3, 0.4) is 0 Å². The van der Waals surface area contributed by atoms with Crippen molar-refractivity contribution in [1.82, 2.24) is 5.43 Å². The van der Waals surface area contributed by atoms with Crippen LogP contribution in [-0.4, -0.2) is 24.7 Å². The Bertz CT molecular complexity index is 1120. The minimum atomic E-state index is -0.519. The Labute approximate surface area is 199 Å². The molecule has 0 aliphatic carbocycles. The number of carbonyl (C=O) groups excluding carboxylic acids is 2. The summed E-state index contributed by atoms with van der Waals surface area (Å²) in [5.74, 6) is 0.0800. The third-order valence-electron chi connectivity index (χ3n) is 4.21. The molecule has 0 atom stereocenters. The summed E-state index contributed by atoms with van der Waals surface area (Å²) in [4.78, 5) is 24.8. The maximum atomic E-state index is 12.6. The number of benzene rings is 3. The highest BCUT2D eigenvalue weighted by Gasteiger charge is 2.12. The molecule has 0 fully saturated rings. The second kappa shape index (κ2) is 11.5. The van der Waals surface area contributed by atoms with E-state index < -0.39 is 11.9 Å². The van der Waals surface area contributed by atoms with Gasteiger partial charge in [-0.1, -0.05) is 34.5 Å². The molecule has 1 N–H and O–H groups in total. The molecule has 3 aromatic carbocycles. The number of amides is 1. The fourth-order valence-electron chi connectivity index (χ4n) is 2.61. The molecule has 0 saturated heterocycles. The maximum absolute atomic E-state index is 12.6. The minimum Gasteiger partial charge on any atom is -0.494 e. The van der Waals surface area contributed by atoms with Crippen LogP contribution in [0, 0.1) is 0 Å². The van der Waals surface area contributed by atoms with E-state index in [0.717, 1.165) is 10.9 Å². The molecule has 0 bridgehead atoms. The molecule has 0 heterocycles. The van der Waals surface area contributed by atoms with Crippen LogP contribution >= 0.6 is 27.5 Å². The van der Waals surface area contributed by atoms with E-state index in [0.29, 0.717) is 39.8 Å². The van der Waals surface area contributed by atoms with Gasteiger partial charge in [-0.3, -0.25) is 4.79 Å². The molecular weight excluding hydrogens is 496 g/mol. The van der Waals surface area contributed by atoms with Gasteiger partial charge in [0, 0.05) is 20.6 Å². The molecule has 3 rings (SSSR count). The van der Waals surface area contributed by atoms with Gasteiger partial charge >= 0.3 is 5.97 Å². The van der Waals surface area contributed by atoms with Gasteiger partial charge in [-0.2, -0.15) is 5.10 Å². The highest BCUT2D eigenvalue weighted by atomic mass is 79.9. The van der Waals surface area contributed by atoms with Gasteiger partial charge in [0.1, 0.15) is 11.5 Å². The average molecular weight is 516 g/mol. The largest absolute Gasteiger partial charge is 0.494 e. The molecule has 3 aromatic rings. The highest BCUT2D eigenvalue weighted by molar-refractivity contribution is 9.10. The first-order valence-electron chi connectivity index (χ1n) is 9.80. The normalized spacial score (nSPS) is 10.7. The van der Waals surface area contributed by atoms with Gasteiger partial charge in [0.15, 0.2) is 0 Å². The topological polar surface area (TPSA) is 77.0 Å². The van der Waals surface area contributed by atoms with E-state index in [1.54, 1.807) is 66.7 Å². The molecule has 8 heteroatoms. The third-order valence-corrected chi connectivity index (χ3v) is 4.96. The van der Waals surface area contributed by atoms with Gasteiger partial charge < -0.3 is 9.47 Å². The van der Waals surface area contributed by atoms with Gasteiger partial charge in [-0.15, -0.1) is 0 Å². The Morgan fingerprint density at radius 1 is 1.03 bits per heavy atom. The van der Waals surface area contributed by atoms with E-state index in [9.17, 15) is 9.59 Å². The molecule has 0 aromatic heterocycles. The van der Waals surface area contributed by atoms with Crippen molar-refractivity contribution < 1.29 is 19.1 Å². The Hall–Kier alpha value is -3.16. The van der Waals surface area contributed by atoms with Crippen molar-refractivity contribution >= 4 is 45.6 Å². The molecule has 6 nitrogen and oxygen atoms in total. The number of ether oxygens (including phenoxy) is 2. The molecule has 0 aliphatic heterocycles. The second-order valence-electron chi connectivity index (χ2n) is 6.65. The van der Waals surface area contributed by atoms with Crippen molar-refractivity contribution in [1.29, 1.82) is 0 Å². The molecule has 0 aliphatic rings. The van der Waals surface area contributed by atoms with E-state index in [1.807, 2.05) is 6.92 Å². The smallest absolute Gasteiger partial charge is 0.343 e. The number of nitrogens with zero attached hydrogens (tertiary/aromatic N) is 1. The Morgan fingerprint density at radius 2 is 1.72 bits per heavy atom. The van der Waals surface area contributed by atoms with Crippen LogP contribution in [0.25, 0.3) is 0 Å². The fraction of sp³-hybridized carbons (Fsp3) is 0.125. The Morgan fingerprint density at radius 3 is 2.41 bits per heavy atom. The predicted molar refractivity (Wildman–Crippen MR) is 128 cm³/mol. The summed E-state index contributed by atoms with van der Waals surface area (Å²) in [6.45, 7) is 2.63. The molecule has 32 heavy (non-hydrogen) atoms. The van der Waals surface area contributed by atoms with Gasteiger partial charge in [-0.05, 0) is 73.2 Å². The summed E-state index contributed by atoms with van der Waals surface area (Å²) in [6.07, 6.45) is 2.31. The van der Waals surface area contributed by atoms with Crippen LogP contribution in [0.5, 0.6) is 11.5 Å². The quantitative estimate of drug-likeness (QED) is 0.176. The molecule has 1 amide bonds. The fourth-order valence-corrected chi connectivity index (χ4v) is 3.11. The lowest BCUT2D eigenvalue weighted by Crippen LogP contribution is -2.17. The van der Waals surface area contributed by atoms with E-state index in [4.69, 9.17) is 21.1 Å². The molecule has 164 valence electrons. The van der Waals surface area contributed by atoms with Crippen molar-refractivity contribution in [3.8, 4) is 11.5 Å². The van der Waals surface area contributed by atoms with Gasteiger partial charge in [-0.25, -0.2) is 10.2 Å². The van der Waals surface area contributed by atoms with E-state index in [1.165, 1.54) is 6.21 Å². The lowest BCUT2D eigenvalue weighted by atomic mass is 10.2. The monoisotopic (exact) mass is 514 g/mol. The van der Waals surface area contributed by atoms with E-state index in [-0.39, 0.29) is 0 Å². The summed E-state index contributed by atoms with van der Waals surface area (Å²) < 4.78 is 11.8. The van der Waals surface area contributed by atoms with Crippen LogP contribution < -0.4 is 14.9 Å². The highest BCUT2D eigenvalue weighted by Crippen LogP contribution is 2.23. The number of halogens is 2. The van der Waals surface area contributed by atoms with Crippen molar-refractivity contribution in [2.45, 2.75) is 13.3 Å². The van der Waals surface area contributed by atoms with Crippen LogP contribution in [0.2, 0.25) is 5.02 Å². The number of carbonyl (C=O) groups is 2. The Kier molecular flexibility index (Phi) is 8.41. The van der Waals surface area contributed by atoms with Crippen molar-refractivity contribution in [2.24, 2.45) is 5.10 Å². The SMILES string of the molecule is CCCOc1ccc(C(=O)Oc2ccc(Br)cc2/C=N/NC(=O)c2ccc(Cl)cc2)cc1. The number of nitrogens with one attached hydrogen (secondary N) is 1. The molecular formula is C24H20BrClN2O4. The number of hydrogen-bond donors (Lipinski definition) is 1. The zero-order valence-electron chi connectivity index (χ0n) is 17.2. The molecule has 0 saturated carbocycles. The second-order valence-corrected chi connectivity index (χ2v) is 8.00. The predicted octanol–water partition coefficient (Wildman–Crippen LogP) is 5.87. The van der Waals surface area contributed by atoms with E-state index in [2.05, 4.69) is 26.5 Å². The lowest BCUT2D eigenvalue weighted by molar-refractivity contribution is 0.0734. The molecule has 0 radical (unpaired) electrons.